The lowest BCUT2D eigenvalue weighted by Gasteiger charge is -2.17. The van der Waals surface area contributed by atoms with Crippen LogP contribution in [0, 0.1) is 19.8 Å². The first-order valence-corrected chi connectivity index (χ1v) is 9.20. The summed E-state index contributed by atoms with van der Waals surface area (Å²) in [5, 5.41) is 3.68. The molecule has 26 heavy (non-hydrogen) atoms. The van der Waals surface area contributed by atoms with Crippen LogP contribution in [0.1, 0.15) is 23.1 Å². The van der Waals surface area contributed by atoms with Crippen LogP contribution in [0.25, 0.3) is 0 Å². The van der Waals surface area contributed by atoms with Gasteiger partial charge >= 0.3 is 0 Å². The molecule has 0 saturated carbocycles. The van der Waals surface area contributed by atoms with E-state index in [1.165, 1.54) is 0 Å². The first-order valence-electron chi connectivity index (χ1n) is 8.82. The van der Waals surface area contributed by atoms with E-state index in [0.29, 0.717) is 18.1 Å². The number of hydrogen-bond acceptors (Lipinski definition) is 2. The Hall–Kier alpha value is -2.33. The number of amides is 2. The lowest BCUT2D eigenvalue weighted by atomic mass is 10.1. The predicted octanol–water partition coefficient (Wildman–Crippen LogP) is 3.99. The second-order valence-electron chi connectivity index (χ2n) is 6.92. The van der Waals surface area contributed by atoms with E-state index >= 15 is 0 Å². The van der Waals surface area contributed by atoms with Gasteiger partial charge in [-0.25, -0.2) is 0 Å². The minimum Gasteiger partial charge on any atom is -0.342 e. The van der Waals surface area contributed by atoms with Gasteiger partial charge in [-0.2, -0.15) is 0 Å². The molecule has 0 bridgehead atoms. The summed E-state index contributed by atoms with van der Waals surface area (Å²) in [4.78, 5) is 26.6. The fourth-order valence-electron chi connectivity index (χ4n) is 3.18. The summed E-state index contributed by atoms with van der Waals surface area (Å²) < 4.78 is 0. The summed E-state index contributed by atoms with van der Waals surface area (Å²) in [6.07, 6.45) is 1.03. The molecule has 0 aliphatic carbocycles. The van der Waals surface area contributed by atoms with Crippen LogP contribution in [0.3, 0.4) is 0 Å². The van der Waals surface area contributed by atoms with Crippen LogP contribution in [-0.4, -0.2) is 29.8 Å². The van der Waals surface area contributed by atoms with Crippen LogP contribution in [0.5, 0.6) is 0 Å². The molecule has 1 N–H and O–H groups in total. The fourth-order valence-corrected chi connectivity index (χ4v) is 3.31. The Morgan fingerprint density at radius 3 is 2.65 bits per heavy atom. The summed E-state index contributed by atoms with van der Waals surface area (Å²) in [6.45, 7) is 5.05. The summed E-state index contributed by atoms with van der Waals surface area (Å²) in [7, 11) is 0. The summed E-state index contributed by atoms with van der Waals surface area (Å²) >= 11 is 5.89. The van der Waals surface area contributed by atoms with Gasteiger partial charge in [-0.15, -0.1) is 0 Å². The zero-order valence-electron chi connectivity index (χ0n) is 15.1. The van der Waals surface area contributed by atoms with E-state index in [-0.39, 0.29) is 24.2 Å². The zero-order chi connectivity index (χ0) is 18.7. The predicted molar refractivity (Wildman–Crippen MR) is 104 cm³/mol. The number of carbonyl (C=O) groups excluding carboxylic acids is 2. The summed E-state index contributed by atoms with van der Waals surface area (Å²) in [5.41, 5.74) is 4.07. The maximum atomic E-state index is 12.6. The average Bonchev–Trinajstić information content (AvgIpc) is 2.99. The highest BCUT2D eigenvalue weighted by atomic mass is 35.5. The molecule has 1 aliphatic heterocycles. The lowest BCUT2D eigenvalue weighted by molar-refractivity contribution is -0.128. The molecule has 2 aromatic carbocycles. The molecule has 1 aliphatic rings. The van der Waals surface area contributed by atoms with Crippen LogP contribution in [0.4, 0.5) is 5.69 Å². The molecule has 0 spiro atoms. The van der Waals surface area contributed by atoms with E-state index in [9.17, 15) is 9.59 Å². The molecule has 0 radical (unpaired) electrons. The van der Waals surface area contributed by atoms with Crippen LogP contribution >= 0.6 is 11.6 Å². The highest BCUT2D eigenvalue weighted by Crippen LogP contribution is 2.22. The number of carbonyl (C=O) groups is 2. The maximum absolute atomic E-state index is 12.6. The van der Waals surface area contributed by atoms with Gasteiger partial charge in [0.2, 0.25) is 11.8 Å². The van der Waals surface area contributed by atoms with E-state index in [0.717, 1.165) is 28.8 Å². The second-order valence-corrected chi connectivity index (χ2v) is 7.36. The van der Waals surface area contributed by atoms with Gasteiger partial charge in [-0.1, -0.05) is 35.9 Å². The van der Waals surface area contributed by atoms with Crippen molar-refractivity contribution >= 4 is 29.1 Å². The molecule has 2 amide bonds. The van der Waals surface area contributed by atoms with Crippen LogP contribution in [-0.2, 0) is 16.0 Å². The van der Waals surface area contributed by atoms with Crippen molar-refractivity contribution in [3.8, 4) is 0 Å². The fraction of sp³-hybridized carbons (Fsp3) is 0.333. The SMILES string of the molecule is Cc1ccc(C)c(NC(=O)C2CC(=O)N(CCc3ccc(Cl)cc3)C2)c1. The van der Waals surface area contributed by atoms with Crippen LogP contribution in [0.15, 0.2) is 42.5 Å². The monoisotopic (exact) mass is 370 g/mol. The minimum absolute atomic E-state index is 0.0417. The first-order chi connectivity index (χ1) is 12.4. The number of hydrogen-bond donors (Lipinski definition) is 1. The minimum atomic E-state index is -0.298. The number of aryl methyl sites for hydroxylation is 2. The standard InChI is InChI=1S/C21H23ClN2O2/c1-14-3-4-15(2)19(11-14)23-21(26)17-12-20(25)24(13-17)10-9-16-5-7-18(22)8-6-16/h3-8,11,17H,9-10,12-13H2,1-2H3,(H,23,26). The van der Waals surface area contributed by atoms with E-state index in [1.54, 1.807) is 4.90 Å². The molecule has 1 fully saturated rings. The molecule has 1 atom stereocenters. The molecule has 1 saturated heterocycles. The van der Waals surface area contributed by atoms with Gasteiger partial charge in [0.25, 0.3) is 0 Å². The van der Waals surface area contributed by atoms with Crippen LogP contribution in [0.2, 0.25) is 5.02 Å². The first kappa shape index (κ1) is 18.5. The van der Waals surface area contributed by atoms with E-state index in [2.05, 4.69) is 5.32 Å². The van der Waals surface area contributed by atoms with Gasteiger partial charge in [-0.05, 0) is 55.2 Å². The van der Waals surface area contributed by atoms with Crippen molar-refractivity contribution in [2.45, 2.75) is 26.7 Å². The molecule has 4 nitrogen and oxygen atoms in total. The molecule has 1 heterocycles. The van der Waals surface area contributed by atoms with Gasteiger partial charge in [0.05, 0.1) is 5.92 Å². The molecule has 5 heteroatoms. The third-order valence-electron chi connectivity index (χ3n) is 4.82. The number of benzene rings is 2. The van der Waals surface area contributed by atoms with Gasteiger partial charge in [0, 0.05) is 30.2 Å². The number of nitrogens with zero attached hydrogens (tertiary/aromatic N) is 1. The Labute approximate surface area is 159 Å². The van der Waals surface area contributed by atoms with Crippen molar-refractivity contribution in [2.75, 3.05) is 18.4 Å². The molecule has 1 unspecified atom stereocenters. The Morgan fingerprint density at radius 1 is 1.19 bits per heavy atom. The Morgan fingerprint density at radius 2 is 1.92 bits per heavy atom. The number of likely N-dealkylation sites (tertiary alicyclic amines) is 1. The molecular formula is C21H23ClN2O2. The van der Waals surface area contributed by atoms with E-state index < -0.39 is 0 Å². The van der Waals surface area contributed by atoms with Gasteiger partial charge in [0.15, 0.2) is 0 Å². The highest BCUT2D eigenvalue weighted by molar-refractivity contribution is 6.30. The van der Waals surface area contributed by atoms with Crippen molar-refractivity contribution in [2.24, 2.45) is 5.92 Å². The Kier molecular flexibility index (Phi) is 5.62. The van der Waals surface area contributed by atoms with Crippen molar-refractivity contribution in [3.63, 3.8) is 0 Å². The second kappa shape index (κ2) is 7.92. The molecule has 2 aromatic rings. The van der Waals surface area contributed by atoms with Crippen molar-refractivity contribution in [1.29, 1.82) is 0 Å². The molecule has 3 rings (SSSR count). The molecule has 136 valence electrons. The largest absolute Gasteiger partial charge is 0.342 e. The van der Waals surface area contributed by atoms with E-state index in [1.807, 2.05) is 56.3 Å². The number of anilines is 1. The third-order valence-corrected chi connectivity index (χ3v) is 5.07. The van der Waals surface area contributed by atoms with Crippen LogP contribution < -0.4 is 5.32 Å². The Balaban J connectivity index is 1.57. The van der Waals surface area contributed by atoms with Gasteiger partial charge in [0.1, 0.15) is 0 Å². The third kappa shape index (κ3) is 4.44. The number of nitrogens with one attached hydrogen (secondary N) is 1. The smallest absolute Gasteiger partial charge is 0.229 e. The summed E-state index contributed by atoms with van der Waals surface area (Å²) in [5.74, 6) is -0.339. The molecule has 0 aromatic heterocycles. The number of rotatable bonds is 5. The average molecular weight is 371 g/mol. The normalized spacial score (nSPS) is 16.8. The van der Waals surface area contributed by atoms with E-state index in [4.69, 9.17) is 11.6 Å². The topological polar surface area (TPSA) is 49.4 Å². The Bertz CT molecular complexity index is 817. The molecular weight excluding hydrogens is 348 g/mol. The van der Waals surface area contributed by atoms with Crippen molar-refractivity contribution < 1.29 is 9.59 Å². The number of halogens is 1. The zero-order valence-corrected chi connectivity index (χ0v) is 15.8. The highest BCUT2D eigenvalue weighted by Gasteiger charge is 2.34. The quantitative estimate of drug-likeness (QED) is 0.865. The summed E-state index contributed by atoms with van der Waals surface area (Å²) in [6, 6.07) is 13.6. The maximum Gasteiger partial charge on any atom is 0.229 e. The van der Waals surface area contributed by atoms with Gasteiger partial charge in [-0.3, -0.25) is 9.59 Å². The van der Waals surface area contributed by atoms with Gasteiger partial charge < -0.3 is 10.2 Å². The lowest BCUT2D eigenvalue weighted by Crippen LogP contribution is -2.30. The van der Waals surface area contributed by atoms with Crippen molar-refractivity contribution in [3.05, 3.63) is 64.2 Å². The van der Waals surface area contributed by atoms with Crippen molar-refractivity contribution in [1.82, 2.24) is 4.90 Å².